The fourth-order valence-corrected chi connectivity index (χ4v) is 2.63. The predicted molar refractivity (Wildman–Crippen MR) is 79.0 cm³/mol. The van der Waals surface area contributed by atoms with Crippen LogP contribution in [0.15, 0.2) is 41.4 Å². The summed E-state index contributed by atoms with van der Waals surface area (Å²) in [6.45, 7) is 0.257. The van der Waals surface area contributed by atoms with Gasteiger partial charge in [0.2, 0.25) is 12.7 Å². The molecule has 0 atom stereocenters. The molecule has 104 valence electrons. The first-order valence-electron chi connectivity index (χ1n) is 6.27. The second-order valence-corrected chi connectivity index (χ2v) is 5.12. The van der Waals surface area contributed by atoms with Crippen LogP contribution in [-0.2, 0) is 0 Å². The van der Waals surface area contributed by atoms with Crippen LogP contribution >= 0.6 is 11.3 Å². The fraction of sp³-hybridized carbons (Fsp3) is 0.0714. The Morgan fingerprint density at radius 3 is 2.95 bits per heavy atom. The first kappa shape index (κ1) is 12.1. The van der Waals surface area contributed by atoms with Gasteiger partial charge < -0.3 is 14.8 Å². The lowest BCUT2D eigenvalue weighted by Gasteiger charge is -2.06. The third-order valence-corrected chi connectivity index (χ3v) is 3.66. The van der Waals surface area contributed by atoms with Gasteiger partial charge in [0.1, 0.15) is 6.33 Å². The Hall–Kier alpha value is -2.67. The van der Waals surface area contributed by atoms with Gasteiger partial charge in [0, 0.05) is 22.7 Å². The third-order valence-electron chi connectivity index (χ3n) is 2.98. The van der Waals surface area contributed by atoms with Crippen molar-refractivity contribution < 1.29 is 9.47 Å². The molecule has 0 fully saturated rings. The first-order valence-corrected chi connectivity index (χ1v) is 7.21. The van der Waals surface area contributed by atoms with Crippen LogP contribution in [0.4, 0.5) is 11.6 Å². The van der Waals surface area contributed by atoms with Gasteiger partial charge in [0.05, 0.1) is 0 Å². The summed E-state index contributed by atoms with van der Waals surface area (Å²) in [5.74, 6) is 2.60. The molecule has 1 N–H and O–H groups in total. The molecule has 2 aromatic heterocycles. The first-order chi connectivity index (χ1) is 10.4. The van der Waals surface area contributed by atoms with Gasteiger partial charge in [0.25, 0.3) is 0 Å². The van der Waals surface area contributed by atoms with Gasteiger partial charge in [-0.25, -0.2) is 9.97 Å². The Bertz CT molecular complexity index is 776. The number of hydrogen-bond donors (Lipinski definition) is 1. The van der Waals surface area contributed by atoms with E-state index in [-0.39, 0.29) is 6.79 Å². The summed E-state index contributed by atoms with van der Waals surface area (Å²) in [7, 11) is 0. The van der Waals surface area contributed by atoms with Crippen LogP contribution in [-0.4, -0.2) is 21.7 Å². The highest BCUT2D eigenvalue weighted by molar-refractivity contribution is 7.08. The molecule has 4 rings (SSSR count). The lowest BCUT2D eigenvalue weighted by molar-refractivity contribution is 0.174. The molecule has 0 aliphatic carbocycles. The summed E-state index contributed by atoms with van der Waals surface area (Å²) < 4.78 is 10.6. The zero-order chi connectivity index (χ0) is 14.1. The largest absolute Gasteiger partial charge is 0.454 e. The summed E-state index contributed by atoms with van der Waals surface area (Å²) >= 11 is 1.61. The smallest absolute Gasteiger partial charge is 0.231 e. The van der Waals surface area contributed by atoms with Crippen LogP contribution in [0.3, 0.4) is 0 Å². The molecule has 0 spiro atoms. The fourth-order valence-electron chi connectivity index (χ4n) is 1.99. The van der Waals surface area contributed by atoms with Crippen molar-refractivity contribution in [2.45, 2.75) is 0 Å². The SMILES string of the molecule is c1nc(Nc2ccc3c(c2)OCO3)nc(-c2ccsc2)n1. The van der Waals surface area contributed by atoms with Crippen molar-refractivity contribution in [2.75, 3.05) is 12.1 Å². The quantitative estimate of drug-likeness (QED) is 0.801. The van der Waals surface area contributed by atoms with Gasteiger partial charge in [-0.05, 0) is 23.6 Å². The average molecular weight is 298 g/mol. The molecule has 1 aliphatic rings. The molecule has 0 amide bonds. The van der Waals surface area contributed by atoms with E-state index in [4.69, 9.17) is 9.47 Å². The van der Waals surface area contributed by atoms with Crippen molar-refractivity contribution in [3.05, 3.63) is 41.4 Å². The van der Waals surface area contributed by atoms with E-state index in [1.54, 1.807) is 11.3 Å². The molecule has 21 heavy (non-hydrogen) atoms. The van der Waals surface area contributed by atoms with E-state index in [9.17, 15) is 0 Å². The minimum absolute atomic E-state index is 0.257. The van der Waals surface area contributed by atoms with Gasteiger partial charge in [-0.2, -0.15) is 16.3 Å². The van der Waals surface area contributed by atoms with Gasteiger partial charge in [-0.3, -0.25) is 0 Å². The van der Waals surface area contributed by atoms with E-state index >= 15 is 0 Å². The van der Waals surface area contributed by atoms with Crippen LogP contribution in [0, 0.1) is 0 Å². The Balaban J connectivity index is 1.61. The summed E-state index contributed by atoms with van der Waals surface area (Å²) in [5.41, 5.74) is 1.82. The average Bonchev–Trinajstić information content (AvgIpc) is 3.18. The normalized spacial score (nSPS) is 12.4. The number of benzene rings is 1. The van der Waals surface area contributed by atoms with E-state index in [2.05, 4.69) is 20.3 Å². The summed E-state index contributed by atoms with van der Waals surface area (Å²) in [6, 6.07) is 7.58. The minimum Gasteiger partial charge on any atom is -0.454 e. The topological polar surface area (TPSA) is 69.2 Å². The highest BCUT2D eigenvalue weighted by Gasteiger charge is 2.13. The molecule has 3 aromatic rings. The van der Waals surface area contributed by atoms with E-state index in [0.29, 0.717) is 17.5 Å². The van der Waals surface area contributed by atoms with Crippen LogP contribution < -0.4 is 14.8 Å². The zero-order valence-corrected chi connectivity index (χ0v) is 11.6. The van der Waals surface area contributed by atoms with Crippen molar-refractivity contribution >= 4 is 23.0 Å². The number of ether oxygens (including phenoxy) is 2. The Labute approximate surface area is 124 Å². The lowest BCUT2D eigenvalue weighted by Crippen LogP contribution is -1.99. The molecule has 7 heteroatoms. The van der Waals surface area contributed by atoms with E-state index in [0.717, 1.165) is 17.0 Å². The second-order valence-electron chi connectivity index (χ2n) is 4.34. The van der Waals surface area contributed by atoms with Crippen molar-refractivity contribution in [3.63, 3.8) is 0 Å². The Morgan fingerprint density at radius 2 is 2.05 bits per heavy atom. The molecule has 1 aliphatic heterocycles. The maximum absolute atomic E-state index is 5.35. The van der Waals surface area contributed by atoms with E-state index in [1.165, 1.54) is 6.33 Å². The predicted octanol–water partition coefficient (Wildman–Crippen LogP) is 3.07. The molecule has 0 unspecified atom stereocenters. The maximum atomic E-state index is 5.35. The number of nitrogens with one attached hydrogen (secondary N) is 1. The molecule has 6 nitrogen and oxygen atoms in total. The van der Waals surface area contributed by atoms with Gasteiger partial charge in [0.15, 0.2) is 17.3 Å². The summed E-state index contributed by atoms with van der Waals surface area (Å²) in [4.78, 5) is 12.7. The maximum Gasteiger partial charge on any atom is 0.231 e. The molecule has 0 radical (unpaired) electrons. The highest BCUT2D eigenvalue weighted by atomic mass is 32.1. The molecule has 0 saturated carbocycles. The highest BCUT2D eigenvalue weighted by Crippen LogP contribution is 2.34. The molecule has 3 heterocycles. The monoisotopic (exact) mass is 298 g/mol. The molecular weight excluding hydrogens is 288 g/mol. The van der Waals surface area contributed by atoms with Crippen LogP contribution in [0.1, 0.15) is 0 Å². The van der Waals surface area contributed by atoms with Gasteiger partial charge >= 0.3 is 0 Å². The Kier molecular flexibility index (Phi) is 2.89. The number of thiophene rings is 1. The van der Waals surface area contributed by atoms with Crippen LogP contribution in [0.2, 0.25) is 0 Å². The van der Waals surface area contributed by atoms with Crippen molar-refractivity contribution in [1.29, 1.82) is 0 Å². The number of anilines is 2. The zero-order valence-electron chi connectivity index (χ0n) is 10.8. The standard InChI is InChI=1S/C14H10N4O2S/c1-2-11-12(20-8-19-11)5-10(1)17-14-16-7-15-13(18-14)9-3-4-21-6-9/h1-7H,8H2,(H,15,16,17,18). The lowest BCUT2D eigenvalue weighted by atomic mass is 10.3. The van der Waals surface area contributed by atoms with Crippen LogP contribution in [0.5, 0.6) is 11.5 Å². The third kappa shape index (κ3) is 2.38. The van der Waals surface area contributed by atoms with Crippen LogP contribution in [0.25, 0.3) is 11.4 Å². The summed E-state index contributed by atoms with van der Waals surface area (Å²) in [5, 5.41) is 7.13. The number of nitrogens with zero attached hydrogens (tertiary/aromatic N) is 3. The second kappa shape index (κ2) is 5.02. The van der Waals surface area contributed by atoms with Crippen molar-refractivity contribution in [3.8, 4) is 22.9 Å². The minimum atomic E-state index is 0.257. The molecule has 0 saturated heterocycles. The van der Waals surface area contributed by atoms with Gasteiger partial charge in [-0.1, -0.05) is 0 Å². The summed E-state index contributed by atoms with van der Waals surface area (Å²) in [6.07, 6.45) is 1.50. The molecule has 0 bridgehead atoms. The van der Waals surface area contributed by atoms with Gasteiger partial charge in [-0.15, -0.1) is 0 Å². The van der Waals surface area contributed by atoms with Crippen molar-refractivity contribution in [2.24, 2.45) is 0 Å². The van der Waals surface area contributed by atoms with Crippen molar-refractivity contribution in [1.82, 2.24) is 15.0 Å². The van der Waals surface area contributed by atoms with E-state index in [1.807, 2.05) is 35.0 Å². The Morgan fingerprint density at radius 1 is 1.10 bits per heavy atom. The number of fused-ring (bicyclic) bond motifs is 1. The number of aromatic nitrogens is 3. The van der Waals surface area contributed by atoms with E-state index < -0.39 is 0 Å². The molecular formula is C14H10N4O2S. The number of rotatable bonds is 3. The number of hydrogen-bond acceptors (Lipinski definition) is 7. The molecule has 1 aromatic carbocycles.